The van der Waals surface area contributed by atoms with Crippen LogP contribution in [0, 0.1) is 0 Å². The highest BCUT2D eigenvalue weighted by molar-refractivity contribution is 7.17. The van der Waals surface area contributed by atoms with Gasteiger partial charge in [-0.1, -0.05) is 12.1 Å². The van der Waals surface area contributed by atoms with E-state index in [-0.39, 0.29) is 18.7 Å². The van der Waals surface area contributed by atoms with Crippen molar-refractivity contribution in [2.24, 2.45) is 7.05 Å². The number of rotatable bonds is 7. The van der Waals surface area contributed by atoms with Crippen LogP contribution in [0.15, 0.2) is 40.5 Å². The Morgan fingerprint density at radius 3 is 2.81 bits per heavy atom. The van der Waals surface area contributed by atoms with Crippen molar-refractivity contribution in [1.29, 1.82) is 0 Å². The van der Waals surface area contributed by atoms with Crippen LogP contribution >= 0.6 is 11.3 Å². The Labute approximate surface area is 180 Å². The second-order valence-corrected chi connectivity index (χ2v) is 7.44. The molecule has 0 aliphatic rings. The molecule has 0 saturated carbocycles. The van der Waals surface area contributed by atoms with Crippen molar-refractivity contribution >= 4 is 39.2 Å². The highest BCUT2D eigenvalue weighted by atomic mass is 32.1. The fourth-order valence-electron chi connectivity index (χ4n) is 3.13. The Kier molecular flexibility index (Phi) is 5.67. The summed E-state index contributed by atoms with van der Waals surface area (Å²) in [6.45, 7) is 1.76. The lowest BCUT2D eigenvalue weighted by molar-refractivity contribution is -0.143. The normalized spacial score (nSPS) is 11.0. The number of benzene rings is 1. The van der Waals surface area contributed by atoms with Gasteiger partial charge in [0.1, 0.15) is 17.0 Å². The van der Waals surface area contributed by atoms with E-state index < -0.39 is 11.9 Å². The molecule has 160 valence electrons. The minimum absolute atomic E-state index is 0.158. The van der Waals surface area contributed by atoms with Crippen LogP contribution in [0.5, 0.6) is 5.75 Å². The van der Waals surface area contributed by atoms with Gasteiger partial charge in [-0.15, -0.1) is 21.5 Å². The van der Waals surface area contributed by atoms with Crippen molar-refractivity contribution in [1.82, 2.24) is 24.5 Å². The zero-order valence-electron chi connectivity index (χ0n) is 16.8. The maximum absolute atomic E-state index is 12.4. The molecule has 1 aromatic carbocycles. The van der Waals surface area contributed by atoms with E-state index >= 15 is 0 Å². The molecule has 0 bridgehead atoms. The topological polar surface area (TPSA) is 117 Å². The number of para-hydroxylation sites is 1. The Hall–Kier alpha value is -3.73. The summed E-state index contributed by atoms with van der Waals surface area (Å²) in [5.74, 6) is 0.0867. The van der Waals surface area contributed by atoms with Crippen LogP contribution in [0.25, 0.3) is 16.0 Å². The predicted molar refractivity (Wildman–Crippen MR) is 113 cm³/mol. The summed E-state index contributed by atoms with van der Waals surface area (Å²) < 4.78 is 14.3. The number of amides is 1. The van der Waals surface area contributed by atoms with E-state index in [1.54, 1.807) is 47.2 Å². The number of carbonyl (C=O) groups excluding carboxylic acids is 2. The second kappa shape index (κ2) is 8.56. The van der Waals surface area contributed by atoms with E-state index in [2.05, 4.69) is 15.5 Å². The van der Waals surface area contributed by atoms with Crippen molar-refractivity contribution in [3.8, 4) is 5.75 Å². The predicted octanol–water partition coefficient (Wildman–Crippen LogP) is 1.51. The van der Waals surface area contributed by atoms with Gasteiger partial charge in [0.05, 0.1) is 17.7 Å². The molecule has 0 aliphatic heterocycles. The molecule has 10 nitrogen and oxygen atoms in total. The second-order valence-electron chi connectivity index (χ2n) is 6.52. The highest BCUT2D eigenvalue weighted by Crippen LogP contribution is 2.20. The molecule has 3 aromatic heterocycles. The number of thiophene rings is 1. The number of ether oxygens (including phenoxy) is 2. The number of nitrogens with one attached hydrogen (secondary N) is 1. The zero-order valence-corrected chi connectivity index (χ0v) is 17.6. The molecule has 1 amide bonds. The smallest absolute Gasteiger partial charge is 0.325 e. The minimum atomic E-state index is -0.634. The summed E-state index contributed by atoms with van der Waals surface area (Å²) in [4.78, 5) is 36.9. The van der Waals surface area contributed by atoms with Crippen molar-refractivity contribution in [2.75, 3.05) is 13.2 Å². The summed E-state index contributed by atoms with van der Waals surface area (Å²) in [5, 5.41) is 12.4. The summed E-state index contributed by atoms with van der Waals surface area (Å²) in [7, 11) is 1.61. The SMILES string of the molecule is CCOc1ccccc1C(=O)NCC(=O)OCc1nnc2n(C)c(=O)c3sccc3n12. The van der Waals surface area contributed by atoms with Gasteiger partial charge in [0.2, 0.25) is 5.78 Å². The van der Waals surface area contributed by atoms with E-state index in [1.165, 1.54) is 15.9 Å². The fourth-order valence-corrected chi connectivity index (χ4v) is 3.98. The van der Waals surface area contributed by atoms with Crippen molar-refractivity contribution in [3.63, 3.8) is 0 Å². The maximum Gasteiger partial charge on any atom is 0.325 e. The average molecular weight is 441 g/mol. The van der Waals surface area contributed by atoms with E-state index in [9.17, 15) is 14.4 Å². The van der Waals surface area contributed by atoms with Gasteiger partial charge in [-0.05, 0) is 30.5 Å². The molecule has 0 spiro atoms. The number of aryl methyl sites for hydroxylation is 1. The lowest BCUT2D eigenvalue weighted by Gasteiger charge is -2.10. The molecular weight excluding hydrogens is 422 g/mol. The molecule has 31 heavy (non-hydrogen) atoms. The molecule has 3 heterocycles. The van der Waals surface area contributed by atoms with E-state index in [0.29, 0.717) is 39.7 Å². The lowest BCUT2D eigenvalue weighted by atomic mass is 10.2. The Morgan fingerprint density at radius 2 is 2.00 bits per heavy atom. The molecule has 4 rings (SSSR count). The Bertz CT molecular complexity index is 1340. The largest absolute Gasteiger partial charge is 0.493 e. The van der Waals surface area contributed by atoms with E-state index in [0.717, 1.165) is 0 Å². The Morgan fingerprint density at radius 1 is 1.19 bits per heavy atom. The van der Waals surface area contributed by atoms with Gasteiger partial charge >= 0.3 is 5.97 Å². The molecular formula is C20H19N5O5S. The third kappa shape index (κ3) is 3.87. The van der Waals surface area contributed by atoms with Gasteiger partial charge in [0.25, 0.3) is 11.5 Å². The third-order valence-electron chi connectivity index (χ3n) is 4.58. The highest BCUT2D eigenvalue weighted by Gasteiger charge is 2.18. The number of esters is 1. The molecule has 11 heteroatoms. The molecule has 4 aromatic rings. The van der Waals surface area contributed by atoms with E-state index in [1.807, 2.05) is 6.92 Å². The van der Waals surface area contributed by atoms with Crippen LogP contribution in [-0.2, 0) is 23.2 Å². The lowest BCUT2D eigenvalue weighted by Crippen LogP contribution is -2.31. The van der Waals surface area contributed by atoms with Crippen LogP contribution in [-0.4, -0.2) is 44.2 Å². The summed E-state index contributed by atoms with van der Waals surface area (Å²) in [6.07, 6.45) is 0. The third-order valence-corrected chi connectivity index (χ3v) is 5.48. The van der Waals surface area contributed by atoms with Crippen molar-refractivity contribution < 1.29 is 19.1 Å². The van der Waals surface area contributed by atoms with Gasteiger partial charge in [0, 0.05) is 7.05 Å². The standard InChI is InChI=1S/C20H19N5O5S/c1-3-29-14-7-5-4-6-12(14)18(27)21-10-16(26)30-11-15-22-23-20-24(2)19(28)17-13(25(15)20)8-9-31-17/h4-9H,3,10-11H2,1-2H3,(H,21,27). The van der Waals surface area contributed by atoms with Crippen molar-refractivity contribution in [3.05, 3.63) is 57.5 Å². The van der Waals surface area contributed by atoms with Crippen LogP contribution in [0.1, 0.15) is 23.1 Å². The van der Waals surface area contributed by atoms with Gasteiger partial charge in [-0.2, -0.15) is 0 Å². The summed E-state index contributed by atoms with van der Waals surface area (Å²) in [5.41, 5.74) is 0.824. The number of carbonyl (C=O) groups is 2. The number of fused-ring (bicyclic) bond motifs is 3. The van der Waals surface area contributed by atoms with Crippen LogP contribution in [0.4, 0.5) is 0 Å². The molecule has 0 saturated heterocycles. The first-order chi connectivity index (χ1) is 15.0. The number of hydrogen-bond acceptors (Lipinski definition) is 8. The average Bonchev–Trinajstić information content (AvgIpc) is 3.42. The summed E-state index contributed by atoms with van der Waals surface area (Å²) in [6, 6.07) is 8.57. The van der Waals surface area contributed by atoms with Crippen molar-refractivity contribution in [2.45, 2.75) is 13.5 Å². The zero-order chi connectivity index (χ0) is 22.0. The van der Waals surface area contributed by atoms with E-state index in [4.69, 9.17) is 9.47 Å². The fraction of sp³-hybridized carbons (Fsp3) is 0.250. The molecule has 0 atom stereocenters. The molecule has 0 radical (unpaired) electrons. The number of nitrogens with zero attached hydrogens (tertiary/aromatic N) is 4. The maximum atomic E-state index is 12.4. The van der Waals surface area contributed by atoms with Crippen LogP contribution in [0.3, 0.4) is 0 Å². The van der Waals surface area contributed by atoms with Gasteiger partial charge in [-0.3, -0.25) is 23.4 Å². The first-order valence-corrected chi connectivity index (χ1v) is 10.3. The monoisotopic (exact) mass is 441 g/mol. The quantitative estimate of drug-likeness (QED) is 0.432. The van der Waals surface area contributed by atoms with Gasteiger partial charge < -0.3 is 14.8 Å². The van der Waals surface area contributed by atoms with Gasteiger partial charge in [0.15, 0.2) is 12.4 Å². The summed E-state index contributed by atoms with van der Waals surface area (Å²) >= 11 is 1.32. The van der Waals surface area contributed by atoms with Gasteiger partial charge in [-0.25, -0.2) is 0 Å². The minimum Gasteiger partial charge on any atom is -0.493 e. The van der Waals surface area contributed by atoms with Crippen LogP contribution in [0.2, 0.25) is 0 Å². The molecule has 0 unspecified atom stereocenters. The first-order valence-electron chi connectivity index (χ1n) is 9.47. The molecule has 1 N–H and O–H groups in total. The van der Waals surface area contributed by atoms with Crippen LogP contribution < -0.4 is 15.6 Å². The molecule has 0 aliphatic carbocycles. The molecule has 0 fully saturated rings. The Balaban J connectivity index is 1.44. The number of aromatic nitrogens is 4. The number of hydrogen-bond donors (Lipinski definition) is 1. The first kappa shape index (κ1) is 20.5.